The molecule has 1 fully saturated rings. The summed E-state index contributed by atoms with van der Waals surface area (Å²) >= 11 is 1.56. The van der Waals surface area contributed by atoms with E-state index in [0.717, 1.165) is 0 Å². The van der Waals surface area contributed by atoms with E-state index in [1.807, 2.05) is 20.8 Å². The van der Waals surface area contributed by atoms with Gasteiger partial charge in [-0.15, -0.1) is 11.8 Å². The summed E-state index contributed by atoms with van der Waals surface area (Å²) < 4.78 is 0. The Morgan fingerprint density at radius 2 is 2.00 bits per heavy atom. The second-order valence-corrected chi connectivity index (χ2v) is 8.44. The van der Waals surface area contributed by atoms with E-state index in [2.05, 4.69) is 5.32 Å². The Bertz CT molecular complexity index is 697. The lowest BCUT2D eigenvalue weighted by Gasteiger charge is -2.26. The van der Waals surface area contributed by atoms with E-state index in [-0.39, 0.29) is 22.8 Å². The number of anilines is 1. The first-order valence-electron chi connectivity index (χ1n) is 8.10. The van der Waals surface area contributed by atoms with Gasteiger partial charge in [-0.1, -0.05) is 20.8 Å². The highest BCUT2D eigenvalue weighted by Crippen LogP contribution is 2.27. The van der Waals surface area contributed by atoms with Crippen molar-refractivity contribution in [2.24, 2.45) is 5.41 Å². The maximum Gasteiger partial charge on any atom is 0.335 e. The number of nitrogens with zero attached hydrogens (tertiary/aromatic N) is 1. The molecule has 1 aliphatic rings. The van der Waals surface area contributed by atoms with Crippen LogP contribution in [0.2, 0.25) is 0 Å². The summed E-state index contributed by atoms with van der Waals surface area (Å²) in [5.74, 6) is -0.177. The van der Waals surface area contributed by atoms with Gasteiger partial charge in [0.1, 0.15) is 6.04 Å². The van der Waals surface area contributed by atoms with Crippen LogP contribution in [0.1, 0.15) is 43.1 Å². The zero-order valence-electron chi connectivity index (χ0n) is 15.0. The Kier molecular flexibility index (Phi) is 5.77. The minimum absolute atomic E-state index is 0.0185. The number of benzene rings is 1. The number of aryl methyl sites for hydroxylation is 1. The summed E-state index contributed by atoms with van der Waals surface area (Å²) in [4.78, 5) is 37.8. The third-order valence-electron chi connectivity index (χ3n) is 3.91. The topological polar surface area (TPSA) is 86.7 Å². The lowest BCUT2D eigenvalue weighted by atomic mass is 9.91. The molecule has 0 aliphatic carbocycles. The third-order valence-corrected chi connectivity index (χ3v) is 4.92. The molecule has 1 aromatic rings. The fraction of sp³-hybridized carbons (Fsp3) is 0.500. The van der Waals surface area contributed by atoms with Gasteiger partial charge in [0, 0.05) is 17.9 Å². The number of hydrogen-bond donors (Lipinski definition) is 2. The minimum atomic E-state index is -0.999. The highest BCUT2D eigenvalue weighted by molar-refractivity contribution is 7.99. The predicted molar refractivity (Wildman–Crippen MR) is 98.8 cm³/mol. The van der Waals surface area contributed by atoms with E-state index in [0.29, 0.717) is 29.3 Å². The first-order valence-corrected chi connectivity index (χ1v) is 9.26. The van der Waals surface area contributed by atoms with Crippen LogP contribution in [0, 0.1) is 12.3 Å². The maximum absolute atomic E-state index is 12.6. The number of amides is 2. The number of thioether (sulfide) groups is 1. The zero-order chi connectivity index (χ0) is 18.8. The molecule has 0 aromatic heterocycles. The molecule has 0 radical (unpaired) electrons. The average Bonchev–Trinajstić information content (AvgIpc) is 2.94. The Morgan fingerprint density at radius 3 is 2.56 bits per heavy atom. The van der Waals surface area contributed by atoms with Crippen LogP contribution >= 0.6 is 11.8 Å². The minimum Gasteiger partial charge on any atom is -0.478 e. The van der Waals surface area contributed by atoms with Crippen LogP contribution in [0.5, 0.6) is 0 Å². The van der Waals surface area contributed by atoms with Crippen molar-refractivity contribution in [3.63, 3.8) is 0 Å². The van der Waals surface area contributed by atoms with Gasteiger partial charge in [0.25, 0.3) is 0 Å². The van der Waals surface area contributed by atoms with Gasteiger partial charge in [0.05, 0.1) is 11.4 Å². The molecule has 1 aromatic carbocycles. The average molecular weight is 364 g/mol. The van der Waals surface area contributed by atoms with Crippen molar-refractivity contribution in [1.29, 1.82) is 0 Å². The highest BCUT2D eigenvalue weighted by atomic mass is 32.2. The lowest BCUT2D eigenvalue weighted by molar-refractivity contribution is -0.137. The van der Waals surface area contributed by atoms with Gasteiger partial charge < -0.3 is 15.3 Å². The van der Waals surface area contributed by atoms with Crippen molar-refractivity contribution in [3.05, 3.63) is 29.3 Å². The molecular weight excluding hydrogens is 340 g/mol. The van der Waals surface area contributed by atoms with Gasteiger partial charge in [-0.3, -0.25) is 9.59 Å². The molecule has 0 saturated carbocycles. The summed E-state index contributed by atoms with van der Waals surface area (Å²) in [6, 6.07) is 4.17. The van der Waals surface area contributed by atoms with Gasteiger partial charge in [-0.2, -0.15) is 0 Å². The van der Waals surface area contributed by atoms with E-state index >= 15 is 0 Å². The summed E-state index contributed by atoms with van der Waals surface area (Å²) in [6.07, 6.45) is 0.393. The summed E-state index contributed by atoms with van der Waals surface area (Å²) in [5, 5.41) is 11.9. The number of carboxylic acid groups (broad SMARTS) is 1. The molecule has 1 saturated heterocycles. The second kappa shape index (κ2) is 7.47. The lowest BCUT2D eigenvalue weighted by Crippen LogP contribution is -2.45. The van der Waals surface area contributed by atoms with Crippen LogP contribution in [0.25, 0.3) is 0 Å². The molecular formula is C18H24N2O4S. The smallest absolute Gasteiger partial charge is 0.335 e. The van der Waals surface area contributed by atoms with Gasteiger partial charge in [-0.25, -0.2) is 4.79 Å². The molecule has 2 amide bonds. The summed E-state index contributed by atoms with van der Waals surface area (Å²) in [5.41, 5.74) is 1.19. The molecule has 25 heavy (non-hydrogen) atoms. The monoisotopic (exact) mass is 364 g/mol. The number of rotatable bonds is 4. The van der Waals surface area contributed by atoms with E-state index < -0.39 is 12.0 Å². The van der Waals surface area contributed by atoms with Gasteiger partial charge in [-0.05, 0) is 36.1 Å². The van der Waals surface area contributed by atoms with Crippen LogP contribution in [0.15, 0.2) is 18.2 Å². The van der Waals surface area contributed by atoms with Crippen LogP contribution in [0.3, 0.4) is 0 Å². The molecule has 136 valence electrons. The molecule has 2 N–H and O–H groups in total. The van der Waals surface area contributed by atoms with E-state index in [9.17, 15) is 14.4 Å². The molecule has 1 unspecified atom stereocenters. The maximum atomic E-state index is 12.6. The fourth-order valence-corrected chi connectivity index (χ4v) is 3.85. The molecule has 0 spiro atoms. The quantitative estimate of drug-likeness (QED) is 0.858. The summed E-state index contributed by atoms with van der Waals surface area (Å²) in [6.45, 7) is 7.67. The number of nitrogens with one attached hydrogen (secondary N) is 1. The van der Waals surface area contributed by atoms with Gasteiger partial charge in [0.15, 0.2) is 0 Å². The number of carbonyl (C=O) groups is 3. The van der Waals surface area contributed by atoms with Crippen molar-refractivity contribution < 1.29 is 19.5 Å². The number of carbonyl (C=O) groups excluding carboxylic acids is 2. The van der Waals surface area contributed by atoms with Crippen molar-refractivity contribution in [2.75, 3.05) is 16.9 Å². The first-order chi connectivity index (χ1) is 11.6. The van der Waals surface area contributed by atoms with Crippen LogP contribution in [0.4, 0.5) is 5.69 Å². The Morgan fingerprint density at radius 1 is 1.32 bits per heavy atom. The number of carboxylic acids is 1. The highest BCUT2D eigenvalue weighted by Gasteiger charge is 2.35. The molecule has 1 heterocycles. The SMILES string of the molecule is Cc1cc(NC(=O)C2CSCN2C(=O)CC(C)(C)C)ccc1C(=O)O. The fourth-order valence-electron chi connectivity index (χ4n) is 2.67. The summed E-state index contributed by atoms with van der Waals surface area (Å²) in [7, 11) is 0. The van der Waals surface area contributed by atoms with Crippen LogP contribution in [-0.2, 0) is 9.59 Å². The van der Waals surface area contributed by atoms with Crippen molar-refractivity contribution in [2.45, 2.75) is 40.2 Å². The first kappa shape index (κ1) is 19.3. The van der Waals surface area contributed by atoms with Crippen LogP contribution < -0.4 is 5.32 Å². The standard InChI is InChI=1S/C18H24N2O4S/c1-11-7-12(5-6-13(11)17(23)24)19-16(22)14-9-25-10-20(14)15(21)8-18(2,3)4/h5-7,14H,8-10H2,1-4H3,(H,19,22)(H,23,24). The predicted octanol–water partition coefficient (Wildman–Crippen LogP) is 2.97. The molecule has 0 bridgehead atoms. The molecule has 7 heteroatoms. The number of hydrogen-bond acceptors (Lipinski definition) is 4. The molecule has 6 nitrogen and oxygen atoms in total. The Balaban J connectivity index is 2.08. The molecule has 1 atom stereocenters. The van der Waals surface area contributed by atoms with E-state index in [1.54, 1.807) is 35.7 Å². The zero-order valence-corrected chi connectivity index (χ0v) is 15.8. The van der Waals surface area contributed by atoms with Crippen LogP contribution in [-0.4, -0.2) is 45.5 Å². The van der Waals surface area contributed by atoms with Crippen molar-refractivity contribution >= 4 is 35.2 Å². The molecule has 2 rings (SSSR count). The second-order valence-electron chi connectivity index (χ2n) is 7.44. The van der Waals surface area contributed by atoms with Gasteiger partial charge >= 0.3 is 5.97 Å². The number of aromatic carboxylic acids is 1. The Hall–Kier alpha value is -2.02. The normalized spacial score (nSPS) is 17.4. The van der Waals surface area contributed by atoms with E-state index in [1.165, 1.54) is 6.07 Å². The third kappa shape index (κ3) is 4.98. The van der Waals surface area contributed by atoms with Crippen molar-refractivity contribution in [3.8, 4) is 0 Å². The Labute approximate surface area is 152 Å². The van der Waals surface area contributed by atoms with E-state index in [4.69, 9.17) is 5.11 Å². The largest absolute Gasteiger partial charge is 0.478 e. The van der Waals surface area contributed by atoms with Gasteiger partial charge in [0.2, 0.25) is 11.8 Å². The van der Waals surface area contributed by atoms with Crippen molar-refractivity contribution in [1.82, 2.24) is 4.90 Å². The molecule has 1 aliphatic heterocycles.